The number of hydrogen-bond acceptors (Lipinski definition) is 7. The quantitative estimate of drug-likeness (QED) is 0.508. The van der Waals surface area contributed by atoms with E-state index < -0.39 is 10.0 Å². The van der Waals surface area contributed by atoms with Gasteiger partial charge in [0.2, 0.25) is 10.0 Å². The highest BCUT2D eigenvalue weighted by molar-refractivity contribution is 7.88. The van der Waals surface area contributed by atoms with Crippen LogP contribution in [0.5, 0.6) is 17.2 Å². The van der Waals surface area contributed by atoms with E-state index in [1.165, 1.54) is 14.2 Å². The van der Waals surface area contributed by atoms with E-state index in [9.17, 15) is 13.2 Å². The fraction of sp³-hybridized carbons (Fsp3) is 0.333. The summed E-state index contributed by atoms with van der Waals surface area (Å²) in [6.07, 6.45) is 1.10. The van der Waals surface area contributed by atoms with Crippen molar-refractivity contribution in [3.05, 3.63) is 45.7 Å². The number of nitrogens with zero attached hydrogens (tertiary/aromatic N) is 1. The van der Waals surface area contributed by atoms with Crippen molar-refractivity contribution in [1.82, 2.24) is 14.7 Å². The molecule has 10 heteroatoms. The Hall–Kier alpha value is -3.11. The number of rotatable bonds is 8. The van der Waals surface area contributed by atoms with Gasteiger partial charge in [-0.05, 0) is 37.1 Å². The van der Waals surface area contributed by atoms with Gasteiger partial charge < -0.3 is 19.2 Å². The zero-order valence-electron chi connectivity index (χ0n) is 18.0. The summed E-state index contributed by atoms with van der Waals surface area (Å²) in [6.45, 7) is 4.11. The standard InChI is InChI=1S/C21H25N3O6S/c1-12-8-14(9-13(2)19(12)30-7-6-22-31(5,26)27)20-23-16-10-15(28-3)11-17(29-4)18(16)21(25)24-20/h8-11,22H,6-7H2,1-5H3,(H,23,24,25). The molecule has 166 valence electrons. The van der Waals surface area contributed by atoms with Crippen molar-refractivity contribution in [2.24, 2.45) is 0 Å². The first-order valence-corrected chi connectivity index (χ1v) is 11.4. The molecule has 3 rings (SSSR count). The van der Waals surface area contributed by atoms with Crippen LogP contribution in [0.4, 0.5) is 0 Å². The lowest BCUT2D eigenvalue weighted by atomic mass is 10.0. The number of nitrogens with one attached hydrogen (secondary N) is 2. The van der Waals surface area contributed by atoms with Crippen molar-refractivity contribution in [1.29, 1.82) is 0 Å². The van der Waals surface area contributed by atoms with Gasteiger partial charge in [0.15, 0.2) is 0 Å². The number of aryl methyl sites for hydroxylation is 2. The largest absolute Gasteiger partial charge is 0.497 e. The number of hydrogen-bond donors (Lipinski definition) is 2. The first kappa shape index (κ1) is 22.6. The fourth-order valence-corrected chi connectivity index (χ4v) is 3.78. The van der Waals surface area contributed by atoms with E-state index in [1.807, 2.05) is 26.0 Å². The second-order valence-corrected chi connectivity index (χ2v) is 8.93. The lowest BCUT2D eigenvalue weighted by molar-refractivity contribution is 0.319. The summed E-state index contributed by atoms with van der Waals surface area (Å²) in [4.78, 5) is 20.2. The maximum atomic E-state index is 12.7. The molecule has 0 aliphatic rings. The first-order valence-electron chi connectivity index (χ1n) is 9.48. The fourth-order valence-electron chi connectivity index (χ4n) is 3.32. The van der Waals surface area contributed by atoms with Crippen LogP contribution in [0.25, 0.3) is 22.3 Å². The molecule has 31 heavy (non-hydrogen) atoms. The van der Waals surface area contributed by atoms with E-state index in [0.29, 0.717) is 34.0 Å². The van der Waals surface area contributed by atoms with E-state index in [4.69, 9.17) is 14.2 Å². The molecule has 9 nitrogen and oxygen atoms in total. The highest BCUT2D eigenvalue weighted by Crippen LogP contribution is 2.31. The molecule has 0 saturated heterocycles. The Labute approximate surface area is 180 Å². The van der Waals surface area contributed by atoms with Crippen LogP contribution in [-0.4, -0.2) is 52.0 Å². The topological polar surface area (TPSA) is 120 Å². The SMILES string of the molecule is COc1cc(OC)c2c(=O)[nH]c(-c3cc(C)c(OCCNS(C)(=O)=O)c(C)c3)nc2c1. The van der Waals surface area contributed by atoms with Crippen LogP contribution in [0.1, 0.15) is 11.1 Å². The van der Waals surface area contributed by atoms with Crippen LogP contribution in [0.3, 0.4) is 0 Å². The van der Waals surface area contributed by atoms with E-state index in [-0.39, 0.29) is 18.7 Å². The predicted molar refractivity (Wildman–Crippen MR) is 119 cm³/mol. The highest BCUT2D eigenvalue weighted by Gasteiger charge is 2.15. The zero-order valence-corrected chi connectivity index (χ0v) is 18.8. The Morgan fingerprint density at radius 3 is 2.32 bits per heavy atom. The van der Waals surface area contributed by atoms with Gasteiger partial charge in [0.1, 0.15) is 35.1 Å². The molecular weight excluding hydrogens is 422 g/mol. The van der Waals surface area contributed by atoms with Gasteiger partial charge in [0.25, 0.3) is 5.56 Å². The number of benzene rings is 2. The molecule has 0 fully saturated rings. The maximum Gasteiger partial charge on any atom is 0.262 e. The third kappa shape index (κ3) is 5.15. The van der Waals surface area contributed by atoms with Crippen LogP contribution < -0.4 is 24.5 Å². The minimum atomic E-state index is -3.26. The van der Waals surface area contributed by atoms with Crippen LogP contribution in [0.15, 0.2) is 29.1 Å². The number of aromatic nitrogens is 2. The number of aromatic amines is 1. The molecule has 0 unspecified atom stereocenters. The third-order valence-electron chi connectivity index (χ3n) is 4.65. The average Bonchev–Trinajstić information content (AvgIpc) is 2.70. The van der Waals surface area contributed by atoms with Gasteiger partial charge in [-0.15, -0.1) is 0 Å². The van der Waals surface area contributed by atoms with E-state index in [2.05, 4.69) is 14.7 Å². The third-order valence-corrected chi connectivity index (χ3v) is 5.38. The molecular formula is C21H25N3O6S. The molecule has 1 heterocycles. The summed E-state index contributed by atoms with van der Waals surface area (Å²) in [6, 6.07) is 7.03. The van der Waals surface area contributed by atoms with Crippen molar-refractivity contribution in [2.45, 2.75) is 13.8 Å². The van der Waals surface area contributed by atoms with Gasteiger partial charge in [-0.25, -0.2) is 18.1 Å². The number of H-pyrrole nitrogens is 1. The van der Waals surface area contributed by atoms with Crippen LogP contribution in [-0.2, 0) is 10.0 Å². The summed E-state index contributed by atoms with van der Waals surface area (Å²) in [5, 5.41) is 0.346. The first-order chi connectivity index (χ1) is 14.6. The lowest BCUT2D eigenvalue weighted by Gasteiger charge is -2.14. The Kier molecular flexibility index (Phi) is 6.51. The molecule has 0 amide bonds. The van der Waals surface area contributed by atoms with Gasteiger partial charge in [-0.1, -0.05) is 0 Å². The van der Waals surface area contributed by atoms with Gasteiger partial charge >= 0.3 is 0 Å². The molecule has 0 atom stereocenters. The Morgan fingerprint density at radius 1 is 1.06 bits per heavy atom. The molecule has 1 aromatic heterocycles. The zero-order chi connectivity index (χ0) is 22.8. The molecule has 2 aromatic carbocycles. The summed E-state index contributed by atoms with van der Waals surface area (Å²) < 4.78 is 41.1. The highest BCUT2D eigenvalue weighted by atomic mass is 32.2. The average molecular weight is 448 g/mol. The monoisotopic (exact) mass is 447 g/mol. The normalized spacial score (nSPS) is 11.5. The summed E-state index contributed by atoms with van der Waals surface area (Å²) in [5.41, 5.74) is 2.53. The molecule has 2 N–H and O–H groups in total. The van der Waals surface area contributed by atoms with E-state index in [0.717, 1.165) is 22.9 Å². The summed E-state index contributed by atoms with van der Waals surface area (Å²) in [7, 11) is -0.246. The van der Waals surface area contributed by atoms with Crippen molar-refractivity contribution in [2.75, 3.05) is 33.6 Å². The maximum absolute atomic E-state index is 12.7. The summed E-state index contributed by atoms with van der Waals surface area (Å²) >= 11 is 0. The number of sulfonamides is 1. The smallest absolute Gasteiger partial charge is 0.262 e. The lowest BCUT2D eigenvalue weighted by Crippen LogP contribution is -2.27. The number of fused-ring (bicyclic) bond motifs is 1. The molecule has 0 bridgehead atoms. The molecule has 0 saturated carbocycles. The molecule has 0 aliphatic carbocycles. The van der Waals surface area contributed by atoms with Crippen molar-refractivity contribution >= 4 is 20.9 Å². The minimum Gasteiger partial charge on any atom is -0.497 e. The van der Waals surface area contributed by atoms with Gasteiger partial charge in [-0.2, -0.15) is 0 Å². The van der Waals surface area contributed by atoms with E-state index in [1.54, 1.807) is 12.1 Å². The van der Waals surface area contributed by atoms with E-state index >= 15 is 0 Å². The Balaban J connectivity index is 1.96. The number of ether oxygens (including phenoxy) is 3. The van der Waals surface area contributed by atoms with Crippen LogP contribution in [0, 0.1) is 13.8 Å². The number of methoxy groups -OCH3 is 2. The second-order valence-electron chi connectivity index (χ2n) is 7.09. The molecule has 3 aromatic rings. The predicted octanol–water partition coefficient (Wildman–Crippen LogP) is 2.15. The Morgan fingerprint density at radius 2 is 1.74 bits per heavy atom. The van der Waals surface area contributed by atoms with Crippen molar-refractivity contribution in [3.8, 4) is 28.6 Å². The van der Waals surface area contributed by atoms with Gasteiger partial charge in [0.05, 0.1) is 26.0 Å². The van der Waals surface area contributed by atoms with Crippen LogP contribution in [0.2, 0.25) is 0 Å². The van der Waals surface area contributed by atoms with Crippen molar-refractivity contribution < 1.29 is 22.6 Å². The molecule has 0 aliphatic heterocycles. The molecule has 0 radical (unpaired) electrons. The second kappa shape index (κ2) is 8.94. The summed E-state index contributed by atoms with van der Waals surface area (Å²) in [5.74, 6) is 1.98. The molecule has 0 spiro atoms. The minimum absolute atomic E-state index is 0.169. The van der Waals surface area contributed by atoms with Gasteiger partial charge in [-0.3, -0.25) is 4.79 Å². The van der Waals surface area contributed by atoms with Crippen LogP contribution >= 0.6 is 0 Å². The van der Waals surface area contributed by atoms with Crippen molar-refractivity contribution in [3.63, 3.8) is 0 Å². The Bertz CT molecular complexity index is 1260. The van der Waals surface area contributed by atoms with Gasteiger partial charge in [0, 0.05) is 24.2 Å².